The quantitative estimate of drug-likeness (QED) is 0.157. The zero-order chi connectivity index (χ0) is 45.8. The Hall–Kier alpha value is -4.42. The lowest BCUT2D eigenvalue weighted by Crippen LogP contribution is -2.46. The summed E-state index contributed by atoms with van der Waals surface area (Å²) in [6, 6.07) is 21.6. The molecule has 0 bridgehead atoms. The summed E-state index contributed by atoms with van der Waals surface area (Å²) in [5.74, 6) is 0.146. The molecular weight excluding hydrogens is 885 g/mol. The van der Waals surface area contributed by atoms with Gasteiger partial charge in [0.15, 0.2) is 0 Å². The zero-order valence-corrected chi connectivity index (χ0v) is 38.9. The highest BCUT2D eigenvalue weighted by Gasteiger charge is 2.64. The lowest BCUT2D eigenvalue weighted by molar-refractivity contribution is -0.232. The first-order valence-electron chi connectivity index (χ1n) is 21.9. The van der Waals surface area contributed by atoms with E-state index in [0.717, 1.165) is 103 Å². The number of aliphatic imine (C=N–C) groups is 2. The third-order valence-electron chi connectivity index (χ3n) is 14.6. The Morgan fingerprint density at radius 2 is 1.16 bits per heavy atom. The number of methoxy groups -OCH3 is 2. The third kappa shape index (κ3) is 8.02. The summed E-state index contributed by atoms with van der Waals surface area (Å²) in [4.78, 5) is 22.5. The monoisotopic (exact) mass is 942 g/mol. The second-order valence-electron chi connectivity index (χ2n) is 18.2. The van der Waals surface area contributed by atoms with Crippen molar-refractivity contribution < 1.29 is 38.0 Å². The number of halogens is 3. The first-order valence-corrected chi connectivity index (χ1v) is 22.7. The number of ether oxygens (including phenoxy) is 2. The van der Waals surface area contributed by atoms with E-state index in [1.54, 1.807) is 44.4 Å². The van der Waals surface area contributed by atoms with E-state index in [0.29, 0.717) is 23.6 Å². The number of guanidine groups is 2. The zero-order valence-electron chi connectivity index (χ0n) is 37.3. The standard InChI is InChI=1S/C24H28FN3O2.C17H22BrN3O2.C7H8BFO2/c1-15-4-7-18(25)13-20(15)16-5-6-17-14-23(10-8-19(29-3)9-11-23)24(21(17)12-16)27-22(26)28(2)30-24;1-21-15(19)20-17(23-21)14-9-12(18)4-3-11(14)10-16(17)7-5-13(22-2)6-8-16;1-5-2-3-6(9)4-7(5)8(10)11/h4-7,12-13,19H,8-11,14H2,1-3H3,(H2,26,27);3-4,9,13H,5-8,10H2,1-2H3,(H2,19,20);2-4,10-11H,1H3. The Labute approximate surface area is 382 Å². The van der Waals surface area contributed by atoms with Crippen LogP contribution in [0.5, 0.6) is 0 Å². The van der Waals surface area contributed by atoms with Crippen molar-refractivity contribution in [3.05, 3.63) is 122 Å². The van der Waals surface area contributed by atoms with Crippen LogP contribution in [-0.2, 0) is 43.4 Å². The number of aryl methyl sites for hydroxylation is 2. The highest BCUT2D eigenvalue weighted by molar-refractivity contribution is 9.10. The number of hydroxylamine groups is 4. The van der Waals surface area contributed by atoms with Crippen molar-refractivity contribution in [3.63, 3.8) is 0 Å². The summed E-state index contributed by atoms with van der Waals surface area (Å²) in [6.07, 6.45) is 10.5. The Balaban J connectivity index is 0.000000145. The molecule has 2 unspecified atom stereocenters. The van der Waals surface area contributed by atoms with Gasteiger partial charge in [-0.25, -0.2) is 38.6 Å². The van der Waals surface area contributed by atoms with Crippen molar-refractivity contribution in [3.8, 4) is 11.1 Å². The molecule has 4 spiro atoms. The Morgan fingerprint density at radius 1 is 0.688 bits per heavy atom. The van der Waals surface area contributed by atoms with E-state index in [1.807, 2.05) is 20.0 Å². The molecule has 0 amide bonds. The largest absolute Gasteiger partial charge is 0.488 e. The molecule has 340 valence electrons. The van der Waals surface area contributed by atoms with Crippen LogP contribution in [0.1, 0.15) is 84.7 Å². The van der Waals surface area contributed by atoms with Crippen molar-refractivity contribution in [2.45, 2.75) is 102 Å². The number of rotatable bonds is 4. The van der Waals surface area contributed by atoms with Crippen LogP contribution in [0.25, 0.3) is 11.1 Å². The van der Waals surface area contributed by atoms with Gasteiger partial charge in [0.25, 0.3) is 0 Å². The number of fused-ring (bicyclic) bond motifs is 6. The Bertz CT molecular complexity index is 2460. The van der Waals surface area contributed by atoms with Gasteiger partial charge in [0.05, 0.1) is 12.2 Å². The Kier molecular flexibility index (Phi) is 12.8. The van der Waals surface area contributed by atoms with Gasteiger partial charge in [-0.1, -0.05) is 51.8 Å². The molecule has 16 heteroatoms. The molecule has 0 radical (unpaired) electrons. The van der Waals surface area contributed by atoms with E-state index in [9.17, 15) is 8.78 Å². The van der Waals surface area contributed by atoms with Gasteiger partial charge in [0.2, 0.25) is 23.4 Å². The van der Waals surface area contributed by atoms with Gasteiger partial charge >= 0.3 is 7.12 Å². The van der Waals surface area contributed by atoms with Gasteiger partial charge in [-0.15, -0.1) is 0 Å². The predicted octanol–water partition coefficient (Wildman–Crippen LogP) is 7.02. The third-order valence-corrected chi connectivity index (χ3v) is 15.1. The summed E-state index contributed by atoms with van der Waals surface area (Å²) in [5, 5.41) is 20.6. The molecule has 12 nitrogen and oxygen atoms in total. The van der Waals surface area contributed by atoms with E-state index in [4.69, 9.17) is 50.6 Å². The number of nitrogens with two attached hydrogens (primary N) is 2. The van der Waals surface area contributed by atoms with E-state index in [1.165, 1.54) is 29.3 Å². The topological polar surface area (TPSA) is 161 Å². The fourth-order valence-corrected chi connectivity index (χ4v) is 11.4. The first kappa shape index (κ1) is 46.1. The molecule has 2 fully saturated rings. The summed E-state index contributed by atoms with van der Waals surface area (Å²) in [7, 11) is 5.63. The van der Waals surface area contributed by atoms with E-state index in [2.05, 4.69) is 52.3 Å². The SMILES string of the molecule is COC1CCC2(CC1)Cc1ccc(-c3cc(F)ccc3C)cc1C21N=C(N)N(C)O1.COC1CCC2(CC1)Cc1ccc(Br)cc1C21N=C(N)N(C)O1.Cc1ccc(F)cc1B(O)O. The Morgan fingerprint density at radius 3 is 1.61 bits per heavy atom. The molecule has 2 saturated carbocycles. The number of hydrogen-bond acceptors (Lipinski definition) is 12. The molecule has 0 saturated heterocycles. The number of hydrogen-bond donors (Lipinski definition) is 4. The van der Waals surface area contributed by atoms with Gasteiger partial charge in [-0.05, 0) is 154 Å². The maximum absolute atomic E-state index is 14.0. The molecule has 0 aromatic heterocycles. The van der Waals surface area contributed by atoms with Crippen molar-refractivity contribution in [2.75, 3.05) is 28.3 Å². The molecule has 6 N–H and O–H groups in total. The van der Waals surface area contributed by atoms with Gasteiger partial charge in [0.1, 0.15) is 11.6 Å². The number of benzene rings is 4. The van der Waals surface area contributed by atoms with Crippen LogP contribution in [0.4, 0.5) is 8.78 Å². The molecule has 2 aliphatic heterocycles. The van der Waals surface area contributed by atoms with Gasteiger partial charge in [0, 0.05) is 54.7 Å². The molecule has 6 aliphatic rings. The minimum atomic E-state index is -1.59. The average Bonchev–Trinajstić information content (AvgIpc) is 3.93. The molecule has 2 atom stereocenters. The van der Waals surface area contributed by atoms with Crippen molar-refractivity contribution in [1.82, 2.24) is 10.1 Å². The van der Waals surface area contributed by atoms with E-state index < -0.39 is 24.4 Å². The second-order valence-corrected chi connectivity index (χ2v) is 19.1. The molecule has 4 aromatic carbocycles. The minimum Gasteiger partial charge on any atom is -0.423 e. The van der Waals surface area contributed by atoms with Crippen molar-refractivity contribution in [1.29, 1.82) is 0 Å². The molecule has 10 rings (SSSR count). The summed E-state index contributed by atoms with van der Waals surface area (Å²) < 4.78 is 38.7. The first-order chi connectivity index (χ1) is 30.5. The summed E-state index contributed by atoms with van der Waals surface area (Å²) in [6.45, 7) is 3.69. The maximum Gasteiger partial charge on any atom is 0.488 e. The van der Waals surface area contributed by atoms with Crippen LogP contribution < -0.4 is 16.9 Å². The van der Waals surface area contributed by atoms with Crippen LogP contribution >= 0.6 is 15.9 Å². The molecule has 4 aliphatic carbocycles. The van der Waals surface area contributed by atoms with Crippen LogP contribution in [0.15, 0.2) is 87.3 Å². The van der Waals surface area contributed by atoms with Gasteiger partial charge < -0.3 is 31.0 Å². The maximum atomic E-state index is 14.0. The smallest absolute Gasteiger partial charge is 0.423 e. The highest BCUT2D eigenvalue weighted by Crippen LogP contribution is 2.63. The van der Waals surface area contributed by atoms with Gasteiger partial charge in [-0.3, -0.25) is 0 Å². The van der Waals surface area contributed by atoms with Crippen molar-refractivity contribution >= 4 is 40.4 Å². The number of nitrogens with zero attached hydrogens (tertiary/aromatic N) is 4. The fourth-order valence-electron chi connectivity index (χ4n) is 11.0. The molecule has 2 heterocycles. The molecular formula is C48H58BBrF2N6O6. The molecule has 64 heavy (non-hydrogen) atoms. The predicted molar refractivity (Wildman–Crippen MR) is 247 cm³/mol. The van der Waals surface area contributed by atoms with Crippen molar-refractivity contribution in [2.24, 2.45) is 32.3 Å². The van der Waals surface area contributed by atoms with Crippen LogP contribution in [0, 0.1) is 36.3 Å². The average molecular weight is 944 g/mol. The fraction of sp³-hybridized carbons (Fsp3) is 0.458. The lowest BCUT2D eigenvalue weighted by Gasteiger charge is -2.45. The summed E-state index contributed by atoms with van der Waals surface area (Å²) in [5.41, 5.74) is 19.1. The normalized spacial score (nSPS) is 28.7. The van der Waals surface area contributed by atoms with Crippen LogP contribution in [0.3, 0.4) is 0 Å². The van der Waals surface area contributed by atoms with Crippen LogP contribution in [0.2, 0.25) is 0 Å². The molecule has 4 aromatic rings. The highest BCUT2D eigenvalue weighted by atomic mass is 79.9. The summed E-state index contributed by atoms with van der Waals surface area (Å²) >= 11 is 3.59. The van der Waals surface area contributed by atoms with Crippen LogP contribution in [-0.4, -0.2) is 79.7 Å². The minimum absolute atomic E-state index is 0.0411. The van der Waals surface area contributed by atoms with E-state index >= 15 is 0 Å². The van der Waals surface area contributed by atoms with E-state index in [-0.39, 0.29) is 28.2 Å². The van der Waals surface area contributed by atoms with Gasteiger partial charge in [-0.2, -0.15) is 0 Å². The lowest BCUT2D eigenvalue weighted by atomic mass is 9.66. The second kappa shape index (κ2) is 17.8.